The second-order valence-electron chi connectivity index (χ2n) is 3.13. The zero-order valence-corrected chi connectivity index (χ0v) is 8.92. The van der Waals surface area contributed by atoms with Crippen molar-refractivity contribution in [3.05, 3.63) is 29.8 Å². The Bertz CT molecular complexity index is 311. The molecule has 1 aromatic rings. The van der Waals surface area contributed by atoms with Crippen LogP contribution in [0.1, 0.15) is 24.9 Å². The molecular formula is C10H15F3N2O. The second kappa shape index (κ2) is 5.72. The molecule has 0 aliphatic heterocycles. The number of hydrogen-bond acceptors (Lipinski definition) is 3. The van der Waals surface area contributed by atoms with Crippen molar-refractivity contribution in [2.75, 3.05) is 0 Å². The summed E-state index contributed by atoms with van der Waals surface area (Å²) in [6.45, 7) is 1.91. The molecule has 0 saturated carbocycles. The van der Waals surface area contributed by atoms with E-state index in [1.165, 1.54) is 24.3 Å². The molecule has 6 heteroatoms. The van der Waals surface area contributed by atoms with Crippen molar-refractivity contribution in [2.24, 2.45) is 5.73 Å². The first-order chi connectivity index (χ1) is 6.92. The zero-order chi connectivity index (χ0) is 11.5. The standard InChI is InChI=1S/C10H12F3NO.H3N/c1-2-9(14)7-3-5-8(6-4-7)15-10(11,12)13;/h3-6,9H,2,14H2,1H3;1H3/t9-;/m0./s1. The van der Waals surface area contributed by atoms with Crippen LogP contribution in [0.5, 0.6) is 5.75 Å². The molecule has 16 heavy (non-hydrogen) atoms. The third kappa shape index (κ3) is 4.50. The topological polar surface area (TPSA) is 70.2 Å². The molecule has 1 atom stereocenters. The van der Waals surface area contributed by atoms with Crippen molar-refractivity contribution < 1.29 is 17.9 Å². The van der Waals surface area contributed by atoms with Gasteiger partial charge in [0.15, 0.2) is 0 Å². The number of alkyl halides is 3. The van der Waals surface area contributed by atoms with Crippen LogP contribution in [0.25, 0.3) is 0 Å². The SMILES string of the molecule is CC[C@H](N)c1ccc(OC(F)(F)F)cc1.N. The van der Waals surface area contributed by atoms with E-state index in [4.69, 9.17) is 5.73 Å². The Hall–Kier alpha value is -1.27. The van der Waals surface area contributed by atoms with E-state index in [0.717, 1.165) is 12.0 Å². The molecule has 0 aliphatic carbocycles. The molecule has 0 spiro atoms. The highest BCUT2D eigenvalue weighted by Gasteiger charge is 2.30. The van der Waals surface area contributed by atoms with E-state index in [9.17, 15) is 13.2 Å². The number of halogens is 3. The van der Waals surface area contributed by atoms with E-state index < -0.39 is 6.36 Å². The number of benzene rings is 1. The summed E-state index contributed by atoms with van der Waals surface area (Å²) in [5.41, 5.74) is 6.51. The Balaban J connectivity index is 0.00000225. The highest BCUT2D eigenvalue weighted by atomic mass is 19.4. The third-order valence-corrected chi connectivity index (χ3v) is 1.98. The summed E-state index contributed by atoms with van der Waals surface area (Å²) in [4.78, 5) is 0. The van der Waals surface area contributed by atoms with Gasteiger partial charge in [-0.25, -0.2) is 0 Å². The maximum atomic E-state index is 11.8. The van der Waals surface area contributed by atoms with Crippen molar-refractivity contribution in [1.82, 2.24) is 6.15 Å². The van der Waals surface area contributed by atoms with Gasteiger partial charge in [0.05, 0.1) is 0 Å². The van der Waals surface area contributed by atoms with Gasteiger partial charge in [0.1, 0.15) is 5.75 Å². The molecule has 3 nitrogen and oxygen atoms in total. The Morgan fingerprint density at radius 3 is 2.12 bits per heavy atom. The van der Waals surface area contributed by atoms with E-state index in [1.54, 1.807) is 0 Å². The van der Waals surface area contributed by atoms with E-state index in [0.29, 0.717) is 0 Å². The van der Waals surface area contributed by atoms with Gasteiger partial charge in [-0.1, -0.05) is 19.1 Å². The molecular weight excluding hydrogens is 221 g/mol. The van der Waals surface area contributed by atoms with Crippen LogP contribution in [-0.4, -0.2) is 6.36 Å². The minimum absolute atomic E-state index is 0. The van der Waals surface area contributed by atoms with Crippen molar-refractivity contribution in [3.8, 4) is 5.75 Å². The monoisotopic (exact) mass is 236 g/mol. The molecule has 92 valence electrons. The predicted molar refractivity (Wildman–Crippen MR) is 55.4 cm³/mol. The lowest BCUT2D eigenvalue weighted by Gasteiger charge is -2.11. The number of hydrogen-bond donors (Lipinski definition) is 2. The molecule has 0 unspecified atom stereocenters. The Labute approximate surface area is 92.0 Å². The lowest BCUT2D eigenvalue weighted by atomic mass is 10.1. The van der Waals surface area contributed by atoms with Gasteiger partial charge in [-0.15, -0.1) is 13.2 Å². The fraction of sp³-hybridized carbons (Fsp3) is 0.400. The lowest BCUT2D eigenvalue weighted by Crippen LogP contribution is -2.17. The summed E-state index contributed by atoms with van der Waals surface area (Å²) in [5.74, 6) is -0.227. The average molecular weight is 236 g/mol. The van der Waals surface area contributed by atoms with Crippen molar-refractivity contribution >= 4 is 0 Å². The highest BCUT2D eigenvalue weighted by molar-refractivity contribution is 5.29. The minimum atomic E-state index is -4.64. The molecule has 0 fully saturated rings. The maximum Gasteiger partial charge on any atom is 0.573 e. The van der Waals surface area contributed by atoms with Crippen molar-refractivity contribution in [2.45, 2.75) is 25.7 Å². The molecule has 0 saturated heterocycles. The van der Waals surface area contributed by atoms with Gasteiger partial charge in [-0.2, -0.15) is 0 Å². The van der Waals surface area contributed by atoms with Crippen molar-refractivity contribution in [1.29, 1.82) is 0 Å². The minimum Gasteiger partial charge on any atom is -0.406 e. The Morgan fingerprint density at radius 1 is 1.25 bits per heavy atom. The first kappa shape index (κ1) is 14.7. The van der Waals surface area contributed by atoms with Crippen LogP contribution >= 0.6 is 0 Å². The summed E-state index contributed by atoms with van der Waals surface area (Å²) in [6.07, 6.45) is -3.91. The molecule has 0 aliphatic rings. The smallest absolute Gasteiger partial charge is 0.406 e. The number of rotatable bonds is 3. The molecule has 0 aromatic heterocycles. The van der Waals surface area contributed by atoms with Gasteiger partial charge < -0.3 is 16.6 Å². The third-order valence-electron chi connectivity index (χ3n) is 1.98. The van der Waals surface area contributed by atoms with E-state index >= 15 is 0 Å². The van der Waals surface area contributed by atoms with Gasteiger partial charge in [-0.3, -0.25) is 0 Å². The fourth-order valence-corrected chi connectivity index (χ4v) is 1.15. The maximum absolute atomic E-state index is 11.8. The first-order valence-corrected chi connectivity index (χ1v) is 4.53. The van der Waals surface area contributed by atoms with Gasteiger partial charge in [0, 0.05) is 6.04 Å². The summed E-state index contributed by atoms with van der Waals surface area (Å²) in [6, 6.07) is 5.45. The average Bonchev–Trinajstić information content (AvgIpc) is 2.15. The first-order valence-electron chi connectivity index (χ1n) is 4.53. The molecule has 0 heterocycles. The predicted octanol–water partition coefficient (Wildman–Crippen LogP) is 3.16. The molecule has 0 radical (unpaired) electrons. The van der Waals surface area contributed by atoms with E-state index in [2.05, 4.69) is 4.74 Å². The van der Waals surface area contributed by atoms with Crippen LogP contribution in [0.2, 0.25) is 0 Å². The fourth-order valence-electron chi connectivity index (χ4n) is 1.15. The molecule has 0 bridgehead atoms. The normalized spacial score (nSPS) is 12.8. The Kier molecular flexibility index (Phi) is 5.26. The van der Waals surface area contributed by atoms with Crippen molar-refractivity contribution in [3.63, 3.8) is 0 Å². The van der Waals surface area contributed by atoms with Crippen LogP contribution in [0.3, 0.4) is 0 Å². The highest BCUT2D eigenvalue weighted by Crippen LogP contribution is 2.24. The molecule has 1 aromatic carbocycles. The molecule has 0 amide bonds. The van der Waals surface area contributed by atoms with Gasteiger partial charge in [0.2, 0.25) is 0 Å². The van der Waals surface area contributed by atoms with Crippen LogP contribution in [0.4, 0.5) is 13.2 Å². The van der Waals surface area contributed by atoms with Crippen LogP contribution < -0.4 is 16.6 Å². The van der Waals surface area contributed by atoms with E-state index in [1.807, 2.05) is 6.92 Å². The van der Waals surface area contributed by atoms with Gasteiger partial charge in [0.25, 0.3) is 0 Å². The van der Waals surface area contributed by atoms with E-state index in [-0.39, 0.29) is 17.9 Å². The largest absolute Gasteiger partial charge is 0.573 e. The second-order valence-corrected chi connectivity index (χ2v) is 3.13. The van der Waals surface area contributed by atoms with Gasteiger partial charge in [-0.05, 0) is 24.1 Å². The summed E-state index contributed by atoms with van der Waals surface area (Å²) in [5, 5.41) is 0. The zero-order valence-electron chi connectivity index (χ0n) is 8.92. The quantitative estimate of drug-likeness (QED) is 0.846. The summed E-state index contributed by atoms with van der Waals surface area (Å²) < 4.78 is 39.2. The Morgan fingerprint density at radius 2 is 1.75 bits per heavy atom. The summed E-state index contributed by atoms with van der Waals surface area (Å²) in [7, 11) is 0. The number of nitrogens with two attached hydrogens (primary N) is 1. The summed E-state index contributed by atoms with van der Waals surface area (Å²) >= 11 is 0. The molecule has 5 N–H and O–H groups in total. The number of ether oxygens (including phenoxy) is 1. The van der Waals surface area contributed by atoms with Crippen LogP contribution in [0, 0.1) is 0 Å². The van der Waals surface area contributed by atoms with Crippen LogP contribution in [0.15, 0.2) is 24.3 Å². The molecule has 1 rings (SSSR count). The van der Waals surface area contributed by atoms with Crippen LogP contribution in [-0.2, 0) is 0 Å². The lowest BCUT2D eigenvalue weighted by molar-refractivity contribution is -0.274. The van der Waals surface area contributed by atoms with Gasteiger partial charge >= 0.3 is 6.36 Å².